The third-order valence-electron chi connectivity index (χ3n) is 9.64. The SMILES string of the molecule is CCC[CH2][Sn]([CH2]CCC)([CH2]CCC)/[C](=C/[C@@H](C)[C@@H](O)[C@@H](C)[C@H](O[Si](C)(C)C(C)(C)C)[C@@H](C)CC)COC(C)=O. The molecule has 1 N–H and O–H groups in total. The number of aliphatic hydroxyl groups is 1. The van der Waals surface area contributed by atoms with Crippen molar-refractivity contribution in [3.05, 3.63) is 9.67 Å². The fourth-order valence-corrected chi connectivity index (χ4v) is 23.6. The molecule has 0 unspecified atom stereocenters. The average Bonchev–Trinajstić information content (AvgIpc) is 2.87. The Kier molecular flexibility index (Phi) is 18.7. The molecule has 39 heavy (non-hydrogen) atoms. The standard InChI is InChI=1S/C21H41O4Si.3C4H9.Sn/c1-11-15(2)20(25-26(9,10)21(6,7)8)17(4)19(23)16(3)13-12-14-24-18(5)22;3*1-3-4-2;/h13,15-17,19-20,23H,11,14H2,1-10H3;3*1,3-4H2,2H3;/t15-,16+,17+,19+,20+;;;;/m0..../s1. The molecule has 0 aliphatic carbocycles. The van der Waals surface area contributed by atoms with Gasteiger partial charge in [-0.15, -0.1) is 0 Å². The van der Waals surface area contributed by atoms with Gasteiger partial charge in [-0.2, -0.15) is 0 Å². The maximum atomic E-state index is 12.0. The third-order valence-corrected chi connectivity index (χ3v) is 30.1. The Hall–Kier alpha value is 0.146. The first-order chi connectivity index (χ1) is 18.0. The van der Waals surface area contributed by atoms with E-state index in [9.17, 15) is 9.90 Å². The summed E-state index contributed by atoms with van der Waals surface area (Å²) in [5, 5.41) is 12.0. The van der Waals surface area contributed by atoms with E-state index in [0.29, 0.717) is 12.5 Å². The van der Waals surface area contributed by atoms with E-state index in [0.717, 1.165) is 6.42 Å². The second kappa shape index (κ2) is 18.6. The van der Waals surface area contributed by atoms with Crippen molar-refractivity contribution in [3.63, 3.8) is 0 Å². The molecule has 0 saturated carbocycles. The molecule has 0 aliphatic rings. The van der Waals surface area contributed by atoms with Crippen LogP contribution in [0.4, 0.5) is 0 Å². The summed E-state index contributed by atoms with van der Waals surface area (Å²) in [4.78, 5) is 12.0. The van der Waals surface area contributed by atoms with Gasteiger partial charge in [0, 0.05) is 0 Å². The first-order valence-electron chi connectivity index (χ1n) is 16.2. The van der Waals surface area contributed by atoms with Gasteiger partial charge in [0.15, 0.2) is 0 Å². The van der Waals surface area contributed by atoms with Gasteiger partial charge in [-0.1, -0.05) is 0 Å². The predicted molar refractivity (Wildman–Crippen MR) is 175 cm³/mol. The fraction of sp³-hybridized carbons (Fsp3) is 0.909. The molecule has 0 aliphatic heterocycles. The molecule has 0 fully saturated rings. The molecular weight excluding hydrogens is 607 g/mol. The molecule has 6 heteroatoms. The van der Waals surface area contributed by atoms with Gasteiger partial charge < -0.3 is 0 Å². The molecule has 0 rings (SSSR count). The van der Waals surface area contributed by atoms with Gasteiger partial charge in [-0.3, -0.25) is 0 Å². The van der Waals surface area contributed by atoms with Crippen LogP contribution in [0.15, 0.2) is 9.67 Å². The topological polar surface area (TPSA) is 55.8 Å². The molecule has 0 aromatic rings. The summed E-state index contributed by atoms with van der Waals surface area (Å²) >= 11 is -2.83. The molecule has 0 aromatic heterocycles. The molecule has 0 amide bonds. The van der Waals surface area contributed by atoms with Crippen molar-refractivity contribution in [3.8, 4) is 0 Å². The van der Waals surface area contributed by atoms with Crippen LogP contribution in [0.25, 0.3) is 0 Å². The number of esters is 1. The summed E-state index contributed by atoms with van der Waals surface area (Å²) in [6, 6.07) is 0. The average molecular weight is 676 g/mol. The van der Waals surface area contributed by atoms with Crippen molar-refractivity contribution in [1.82, 2.24) is 0 Å². The molecule has 0 bridgehead atoms. The Morgan fingerprint density at radius 1 is 0.923 bits per heavy atom. The molecule has 5 atom stereocenters. The Morgan fingerprint density at radius 2 is 1.38 bits per heavy atom. The minimum absolute atomic E-state index is 0.0129. The summed E-state index contributed by atoms with van der Waals surface area (Å²) in [6.07, 6.45) is 10.3. The van der Waals surface area contributed by atoms with Gasteiger partial charge >= 0.3 is 251 Å². The van der Waals surface area contributed by atoms with Crippen LogP contribution in [0.2, 0.25) is 31.4 Å². The van der Waals surface area contributed by atoms with Gasteiger partial charge in [0.1, 0.15) is 0 Å². The Balaban J connectivity index is 6.50. The van der Waals surface area contributed by atoms with Crippen LogP contribution in [0.1, 0.15) is 121 Å². The molecule has 0 aromatic carbocycles. The van der Waals surface area contributed by atoms with Crippen molar-refractivity contribution in [2.45, 2.75) is 165 Å². The molecular formula is C33H68O4SiSn. The number of hydrogen-bond acceptors (Lipinski definition) is 4. The fourth-order valence-electron chi connectivity index (χ4n) is 5.54. The molecule has 0 radical (unpaired) electrons. The van der Waals surface area contributed by atoms with Crippen molar-refractivity contribution in [2.75, 3.05) is 6.61 Å². The van der Waals surface area contributed by atoms with E-state index in [-0.39, 0.29) is 28.9 Å². The van der Waals surface area contributed by atoms with Crippen LogP contribution in [-0.4, -0.2) is 56.6 Å². The van der Waals surface area contributed by atoms with E-state index in [1.165, 1.54) is 62.3 Å². The van der Waals surface area contributed by atoms with Crippen LogP contribution in [0.5, 0.6) is 0 Å². The van der Waals surface area contributed by atoms with Gasteiger partial charge in [-0.05, 0) is 0 Å². The van der Waals surface area contributed by atoms with E-state index in [1.54, 1.807) is 0 Å². The van der Waals surface area contributed by atoms with Crippen molar-refractivity contribution >= 4 is 32.7 Å². The van der Waals surface area contributed by atoms with E-state index in [4.69, 9.17) is 9.16 Å². The number of carbonyl (C=O) groups is 1. The number of hydrogen-bond donors (Lipinski definition) is 1. The van der Waals surface area contributed by atoms with Crippen LogP contribution in [-0.2, 0) is 14.0 Å². The Morgan fingerprint density at radius 3 is 1.74 bits per heavy atom. The van der Waals surface area contributed by atoms with Crippen molar-refractivity contribution in [1.29, 1.82) is 0 Å². The van der Waals surface area contributed by atoms with E-state index in [1.807, 2.05) is 0 Å². The van der Waals surface area contributed by atoms with Crippen LogP contribution in [0, 0.1) is 17.8 Å². The molecule has 232 valence electrons. The summed E-state index contributed by atoms with van der Waals surface area (Å²) in [6.45, 7) is 29.2. The van der Waals surface area contributed by atoms with Crippen molar-refractivity contribution < 1.29 is 19.1 Å². The van der Waals surface area contributed by atoms with Gasteiger partial charge in [-0.25, -0.2) is 0 Å². The quantitative estimate of drug-likeness (QED) is 0.103. The van der Waals surface area contributed by atoms with Crippen LogP contribution >= 0.6 is 0 Å². The summed E-state index contributed by atoms with van der Waals surface area (Å²) < 4.78 is 18.1. The minimum atomic E-state index is -2.83. The maximum absolute atomic E-state index is 12.0. The third kappa shape index (κ3) is 12.9. The van der Waals surface area contributed by atoms with Crippen LogP contribution < -0.4 is 0 Å². The monoisotopic (exact) mass is 676 g/mol. The number of rotatable bonds is 20. The number of carbonyl (C=O) groups excluding carboxylic acids is 1. The first-order valence-corrected chi connectivity index (χ1v) is 26.6. The molecule has 0 spiro atoms. The number of unbranched alkanes of at least 4 members (excludes halogenated alkanes) is 3. The van der Waals surface area contributed by atoms with E-state index in [2.05, 4.69) is 88.4 Å². The van der Waals surface area contributed by atoms with Gasteiger partial charge in [0.2, 0.25) is 0 Å². The zero-order chi connectivity index (χ0) is 30.4. The van der Waals surface area contributed by atoms with E-state index < -0.39 is 32.8 Å². The summed E-state index contributed by atoms with van der Waals surface area (Å²) in [5.41, 5.74) is 0. The van der Waals surface area contributed by atoms with Gasteiger partial charge in [0.05, 0.1) is 0 Å². The second-order valence-electron chi connectivity index (χ2n) is 14.0. The first kappa shape index (κ1) is 39.1. The second-order valence-corrected chi connectivity index (χ2v) is 32.2. The molecule has 0 heterocycles. The van der Waals surface area contributed by atoms with Crippen molar-refractivity contribution in [2.24, 2.45) is 17.8 Å². The summed E-state index contributed by atoms with van der Waals surface area (Å²) in [5.74, 6) is 0.170. The Bertz CT molecular complexity index is 693. The molecule has 0 saturated heterocycles. The summed E-state index contributed by atoms with van der Waals surface area (Å²) in [7, 11) is -2.00. The van der Waals surface area contributed by atoms with Gasteiger partial charge in [0.25, 0.3) is 0 Å². The molecule has 4 nitrogen and oxygen atoms in total. The number of aliphatic hydroxyl groups excluding tert-OH is 1. The zero-order valence-corrected chi connectivity index (χ0v) is 32.3. The van der Waals surface area contributed by atoms with Crippen LogP contribution in [0.3, 0.4) is 0 Å². The zero-order valence-electron chi connectivity index (χ0n) is 28.4. The Labute approximate surface area is 249 Å². The normalized spacial score (nSPS) is 17.4. The van der Waals surface area contributed by atoms with E-state index >= 15 is 0 Å². The predicted octanol–water partition coefficient (Wildman–Crippen LogP) is 9.93. The number of ether oxygens (including phenoxy) is 1.